The van der Waals surface area contributed by atoms with Crippen molar-refractivity contribution in [2.24, 2.45) is 0 Å². The molecule has 0 aromatic carbocycles. The summed E-state index contributed by atoms with van der Waals surface area (Å²) in [7, 11) is 0. The van der Waals surface area contributed by atoms with Crippen LogP contribution >= 0.6 is 0 Å². The molecule has 94 valence electrons. The summed E-state index contributed by atoms with van der Waals surface area (Å²) in [6, 6.07) is 0.572. The third-order valence-corrected chi connectivity index (χ3v) is 3.59. The van der Waals surface area contributed by atoms with Gasteiger partial charge in [-0.3, -0.25) is 0 Å². The van der Waals surface area contributed by atoms with Crippen molar-refractivity contribution in [1.82, 2.24) is 9.97 Å². The number of anilines is 1. The predicted molar refractivity (Wildman–Crippen MR) is 68.0 cm³/mol. The summed E-state index contributed by atoms with van der Waals surface area (Å²) < 4.78 is 0. The van der Waals surface area contributed by atoms with Crippen LogP contribution in [0.25, 0.3) is 0 Å². The molecule has 2 rings (SSSR count). The van der Waals surface area contributed by atoms with E-state index in [1.165, 1.54) is 19.3 Å². The summed E-state index contributed by atoms with van der Waals surface area (Å²) in [6.07, 6.45) is 6.66. The second kappa shape index (κ2) is 5.45. The lowest BCUT2D eigenvalue weighted by atomic mass is 10.0. The van der Waals surface area contributed by atoms with E-state index in [-0.39, 0.29) is 6.61 Å². The second-order valence-corrected chi connectivity index (χ2v) is 4.69. The van der Waals surface area contributed by atoms with E-state index in [9.17, 15) is 0 Å². The number of piperidine rings is 1. The van der Waals surface area contributed by atoms with Gasteiger partial charge in [-0.2, -0.15) is 0 Å². The van der Waals surface area contributed by atoms with Crippen molar-refractivity contribution in [1.29, 1.82) is 0 Å². The van der Waals surface area contributed by atoms with Crippen molar-refractivity contribution < 1.29 is 5.11 Å². The maximum atomic E-state index is 9.12. The molecule has 1 N–H and O–H groups in total. The highest BCUT2D eigenvalue weighted by molar-refractivity contribution is 5.34. The number of aryl methyl sites for hydroxylation is 1. The zero-order chi connectivity index (χ0) is 12.3. The van der Waals surface area contributed by atoms with Gasteiger partial charge in [-0.15, -0.1) is 0 Å². The summed E-state index contributed by atoms with van der Waals surface area (Å²) in [6.45, 7) is 5.22. The Hall–Kier alpha value is -1.16. The van der Waals surface area contributed by atoms with Crippen LogP contribution in [0.1, 0.15) is 43.9 Å². The number of rotatable bonds is 3. The highest BCUT2D eigenvalue weighted by atomic mass is 16.3. The number of aliphatic hydroxyl groups excluding tert-OH is 1. The van der Waals surface area contributed by atoms with Gasteiger partial charge in [-0.1, -0.05) is 6.92 Å². The van der Waals surface area contributed by atoms with Crippen LogP contribution in [0.5, 0.6) is 0 Å². The molecule has 1 fully saturated rings. The van der Waals surface area contributed by atoms with Crippen LogP contribution in [0.2, 0.25) is 0 Å². The Morgan fingerprint density at radius 3 is 2.94 bits per heavy atom. The minimum atomic E-state index is 0.0172. The number of aliphatic hydroxyl groups is 1. The van der Waals surface area contributed by atoms with Crippen LogP contribution in [-0.4, -0.2) is 27.7 Å². The summed E-state index contributed by atoms with van der Waals surface area (Å²) in [5.74, 6) is 0.825. The fraction of sp³-hybridized carbons (Fsp3) is 0.692. The normalized spacial score (nSPS) is 20.6. The van der Waals surface area contributed by atoms with Gasteiger partial charge in [0.1, 0.15) is 0 Å². The zero-order valence-electron chi connectivity index (χ0n) is 10.7. The second-order valence-electron chi connectivity index (χ2n) is 4.69. The van der Waals surface area contributed by atoms with E-state index in [0.717, 1.165) is 30.2 Å². The van der Waals surface area contributed by atoms with E-state index in [1.54, 1.807) is 6.20 Å². The molecule has 1 atom stereocenters. The van der Waals surface area contributed by atoms with Crippen molar-refractivity contribution in [2.45, 2.75) is 52.2 Å². The fourth-order valence-corrected chi connectivity index (χ4v) is 2.46. The molecular formula is C13H21N3O. The predicted octanol–water partition coefficient (Wildman–Crippen LogP) is 2.05. The maximum absolute atomic E-state index is 9.12. The Kier molecular flexibility index (Phi) is 3.94. The van der Waals surface area contributed by atoms with Gasteiger partial charge in [0.05, 0.1) is 6.61 Å². The molecule has 0 bridgehead atoms. The number of hydrogen-bond acceptors (Lipinski definition) is 4. The highest BCUT2D eigenvalue weighted by Gasteiger charge is 2.23. The van der Waals surface area contributed by atoms with Crippen molar-refractivity contribution in [3.63, 3.8) is 0 Å². The Labute approximate surface area is 103 Å². The van der Waals surface area contributed by atoms with Gasteiger partial charge in [-0.25, -0.2) is 9.97 Å². The zero-order valence-corrected chi connectivity index (χ0v) is 10.7. The number of aromatic nitrogens is 2. The van der Waals surface area contributed by atoms with E-state index in [4.69, 9.17) is 5.11 Å². The lowest BCUT2D eigenvalue weighted by Gasteiger charge is -2.35. The molecular weight excluding hydrogens is 214 g/mol. The number of hydrogen-bond donors (Lipinski definition) is 1. The Morgan fingerprint density at radius 2 is 2.29 bits per heavy atom. The molecule has 4 nitrogen and oxygen atoms in total. The molecule has 1 aromatic heterocycles. The van der Waals surface area contributed by atoms with Crippen LogP contribution in [0.3, 0.4) is 0 Å². The molecule has 0 spiro atoms. The van der Waals surface area contributed by atoms with Crippen LogP contribution in [0.15, 0.2) is 6.20 Å². The molecule has 1 aliphatic heterocycles. The van der Waals surface area contributed by atoms with Crippen molar-refractivity contribution in [2.75, 3.05) is 11.4 Å². The highest BCUT2D eigenvalue weighted by Crippen LogP contribution is 2.24. The summed E-state index contributed by atoms with van der Waals surface area (Å²) >= 11 is 0. The molecule has 1 saturated heterocycles. The third-order valence-electron chi connectivity index (χ3n) is 3.59. The third kappa shape index (κ3) is 2.57. The minimum Gasteiger partial charge on any atom is -0.392 e. The maximum Gasteiger partial charge on any atom is 0.225 e. The average Bonchev–Trinajstić information content (AvgIpc) is 2.38. The van der Waals surface area contributed by atoms with Gasteiger partial charge in [0.25, 0.3) is 0 Å². The van der Waals surface area contributed by atoms with Gasteiger partial charge >= 0.3 is 0 Å². The van der Waals surface area contributed by atoms with Crippen molar-refractivity contribution in [3.05, 3.63) is 17.5 Å². The van der Waals surface area contributed by atoms with Gasteiger partial charge in [0.15, 0.2) is 0 Å². The lowest BCUT2D eigenvalue weighted by molar-refractivity contribution is 0.280. The van der Waals surface area contributed by atoms with Crippen LogP contribution in [0, 0.1) is 6.92 Å². The van der Waals surface area contributed by atoms with Crippen molar-refractivity contribution in [3.8, 4) is 0 Å². The molecule has 0 aliphatic carbocycles. The van der Waals surface area contributed by atoms with Gasteiger partial charge in [-0.05, 0) is 32.6 Å². The van der Waals surface area contributed by atoms with E-state index in [1.807, 2.05) is 6.92 Å². The first kappa shape index (κ1) is 12.3. The topological polar surface area (TPSA) is 49.2 Å². The monoisotopic (exact) mass is 235 g/mol. The molecule has 0 amide bonds. The lowest BCUT2D eigenvalue weighted by Crippen LogP contribution is -2.40. The smallest absolute Gasteiger partial charge is 0.225 e. The molecule has 1 unspecified atom stereocenters. The van der Waals surface area contributed by atoms with Crippen molar-refractivity contribution >= 4 is 5.95 Å². The van der Waals surface area contributed by atoms with Crippen LogP contribution < -0.4 is 4.90 Å². The standard InChI is InChI=1S/C13H21N3O/c1-3-12-6-4-5-7-16(12)13-14-8-11(9-17)10(2)15-13/h8,12,17H,3-7,9H2,1-2H3. The van der Waals surface area contributed by atoms with Crippen LogP contribution in [0.4, 0.5) is 5.95 Å². The van der Waals surface area contributed by atoms with E-state index in [0.29, 0.717) is 6.04 Å². The summed E-state index contributed by atoms with van der Waals surface area (Å²) in [4.78, 5) is 11.2. The van der Waals surface area contributed by atoms with E-state index < -0.39 is 0 Å². The Morgan fingerprint density at radius 1 is 1.47 bits per heavy atom. The molecule has 4 heteroatoms. The largest absolute Gasteiger partial charge is 0.392 e. The van der Waals surface area contributed by atoms with Gasteiger partial charge < -0.3 is 10.0 Å². The SMILES string of the molecule is CCC1CCCCN1c1ncc(CO)c(C)n1. The molecule has 0 saturated carbocycles. The first-order chi connectivity index (χ1) is 8.26. The molecule has 0 radical (unpaired) electrons. The first-order valence-corrected chi connectivity index (χ1v) is 6.46. The van der Waals surface area contributed by atoms with Gasteiger partial charge in [0.2, 0.25) is 5.95 Å². The van der Waals surface area contributed by atoms with E-state index in [2.05, 4.69) is 21.8 Å². The molecule has 1 aliphatic rings. The summed E-state index contributed by atoms with van der Waals surface area (Å²) in [5.41, 5.74) is 1.71. The average molecular weight is 235 g/mol. The Balaban J connectivity index is 2.23. The fourth-order valence-electron chi connectivity index (χ4n) is 2.46. The molecule has 1 aromatic rings. The number of nitrogens with zero attached hydrogens (tertiary/aromatic N) is 3. The Bertz CT molecular complexity index is 381. The first-order valence-electron chi connectivity index (χ1n) is 6.46. The minimum absolute atomic E-state index is 0.0172. The van der Waals surface area contributed by atoms with E-state index >= 15 is 0 Å². The molecule has 17 heavy (non-hydrogen) atoms. The summed E-state index contributed by atoms with van der Waals surface area (Å²) in [5, 5.41) is 9.12. The molecule has 2 heterocycles. The quantitative estimate of drug-likeness (QED) is 0.871. The van der Waals surface area contributed by atoms with Gasteiger partial charge in [0, 0.05) is 30.0 Å². The van der Waals surface area contributed by atoms with Crippen LogP contribution in [-0.2, 0) is 6.61 Å².